The van der Waals surface area contributed by atoms with E-state index in [-0.39, 0.29) is 11.9 Å². The number of likely N-dealkylation sites (tertiary alicyclic amines) is 1. The van der Waals surface area contributed by atoms with E-state index < -0.39 is 0 Å². The number of hydrogen-bond acceptors (Lipinski definition) is 3. The highest BCUT2D eigenvalue weighted by Crippen LogP contribution is 2.41. The molecular weight excluding hydrogens is 346 g/mol. The van der Waals surface area contributed by atoms with Gasteiger partial charge in [-0.1, -0.05) is 36.4 Å². The standard InChI is InChI=1S/C25H29NO2/c1-28-25(27)18-12-14-26(15-13-18)24-11-9-20-16-19(8-10-23(20)24)22-7-3-5-17-4-2-6-21(17)22/h3,5,7-8,10,16,18,24H,2,4,6,9,11-15H2,1H3. The van der Waals surface area contributed by atoms with Crippen LogP contribution in [0.3, 0.4) is 0 Å². The van der Waals surface area contributed by atoms with Gasteiger partial charge < -0.3 is 4.74 Å². The van der Waals surface area contributed by atoms with E-state index in [1.54, 1.807) is 11.1 Å². The van der Waals surface area contributed by atoms with Crippen molar-refractivity contribution in [2.24, 2.45) is 5.92 Å². The van der Waals surface area contributed by atoms with Crippen LogP contribution in [0.15, 0.2) is 36.4 Å². The minimum absolute atomic E-state index is 0.0356. The number of carbonyl (C=O) groups excluding carboxylic acids is 1. The summed E-state index contributed by atoms with van der Waals surface area (Å²) in [5, 5.41) is 0. The quantitative estimate of drug-likeness (QED) is 0.728. The van der Waals surface area contributed by atoms with Gasteiger partial charge in [0.25, 0.3) is 0 Å². The summed E-state index contributed by atoms with van der Waals surface area (Å²) in [5.41, 5.74) is 8.98. The van der Waals surface area contributed by atoms with Crippen LogP contribution < -0.4 is 0 Å². The number of carbonyl (C=O) groups is 1. The van der Waals surface area contributed by atoms with Crippen LogP contribution in [0.5, 0.6) is 0 Å². The first-order valence-electron chi connectivity index (χ1n) is 10.8. The minimum Gasteiger partial charge on any atom is -0.469 e. The van der Waals surface area contributed by atoms with Crippen molar-refractivity contribution in [2.45, 2.75) is 51.0 Å². The lowest BCUT2D eigenvalue weighted by molar-refractivity contribution is -0.147. The van der Waals surface area contributed by atoms with E-state index in [1.807, 2.05) is 0 Å². The topological polar surface area (TPSA) is 29.5 Å². The van der Waals surface area contributed by atoms with Crippen LogP contribution in [0.4, 0.5) is 0 Å². The lowest BCUT2D eigenvalue weighted by atomic mass is 9.93. The molecule has 2 aromatic rings. The van der Waals surface area contributed by atoms with E-state index in [0.717, 1.165) is 25.9 Å². The summed E-state index contributed by atoms with van der Waals surface area (Å²) < 4.78 is 4.94. The van der Waals surface area contributed by atoms with Crippen molar-refractivity contribution in [2.75, 3.05) is 20.2 Å². The first kappa shape index (κ1) is 17.9. The molecule has 2 aromatic carbocycles. The summed E-state index contributed by atoms with van der Waals surface area (Å²) in [7, 11) is 1.50. The van der Waals surface area contributed by atoms with Crippen molar-refractivity contribution in [3.63, 3.8) is 0 Å². The highest BCUT2D eigenvalue weighted by atomic mass is 16.5. The Labute approximate surface area is 167 Å². The molecule has 3 nitrogen and oxygen atoms in total. The van der Waals surface area contributed by atoms with Crippen molar-refractivity contribution < 1.29 is 9.53 Å². The maximum Gasteiger partial charge on any atom is 0.308 e. The number of esters is 1. The van der Waals surface area contributed by atoms with Crippen molar-refractivity contribution in [3.8, 4) is 11.1 Å². The highest BCUT2D eigenvalue weighted by Gasteiger charge is 2.33. The molecule has 146 valence electrons. The smallest absolute Gasteiger partial charge is 0.308 e. The van der Waals surface area contributed by atoms with E-state index >= 15 is 0 Å². The molecule has 0 amide bonds. The van der Waals surface area contributed by atoms with Crippen LogP contribution in [0.1, 0.15) is 54.0 Å². The average molecular weight is 376 g/mol. The average Bonchev–Trinajstić information content (AvgIpc) is 3.39. The molecule has 1 heterocycles. The molecule has 0 aromatic heterocycles. The molecular formula is C25H29NO2. The van der Waals surface area contributed by atoms with E-state index in [2.05, 4.69) is 41.3 Å². The van der Waals surface area contributed by atoms with Gasteiger partial charge in [0.1, 0.15) is 0 Å². The number of fused-ring (bicyclic) bond motifs is 2. The Hall–Kier alpha value is -2.13. The molecule has 1 atom stereocenters. The Kier molecular flexibility index (Phi) is 4.72. The van der Waals surface area contributed by atoms with Crippen molar-refractivity contribution in [1.82, 2.24) is 4.90 Å². The molecule has 0 N–H and O–H groups in total. The second-order valence-corrected chi connectivity index (χ2v) is 8.60. The van der Waals surface area contributed by atoms with Gasteiger partial charge in [-0.05, 0) is 91.4 Å². The molecule has 0 spiro atoms. The molecule has 28 heavy (non-hydrogen) atoms. The maximum absolute atomic E-state index is 11.8. The molecule has 2 aliphatic carbocycles. The van der Waals surface area contributed by atoms with Gasteiger partial charge in [0.05, 0.1) is 13.0 Å². The van der Waals surface area contributed by atoms with Gasteiger partial charge in [0.2, 0.25) is 0 Å². The minimum atomic E-state index is -0.0356. The van der Waals surface area contributed by atoms with Crippen LogP contribution in [-0.2, 0) is 28.8 Å². The summed E-state index contributed by atoms with van der Waals surface area (Å²) in [4.78, 5) is 14.4. The van der Waals surface area contributed by atoms with Crippen LogP contribution in [0.2, 0.25) is 0 Å². The normalized spacial score (nSPS) is 22.1. The van der Waals surface area contributed by atoms with Crippen LogP contribution in [0, 0.1) is 5.92 Å². The van der Waals surface area contributed by atoms with E-state index in [4.69, 9.17) is 4.74 Å². The molecule has 1 saturated heterocycles. The Morgan fingerprint density at radius 1 is 1.00 bits per heavy atom. The molecule has 5 rings (SSSR count). The third-order valence-electron chi connectivity index (χ3n) is 7.15. The van der Waals surface area contributed by atoms with Gasteiger partial charge in [0.15, 0.2) is 0 Å². The van der Waals surface area contributed by atoms with Gasteiger partial charge >= 0.3 is 5.97 Å². The maximum atomic E-state index is 11.8. The fourth-order valence-corrected chi connectivity index (χ4v) is 5.65. The number of nitrogens with zero attached hydrogens (tertiary/aromatic N) is 1. The number of methoxy groups -OCH3 is 1. The van der Waals surface area contributed by atoms with E-state index in [0.29, 0.717) is 6.04 Å². The van der Waals surface area contributed by atoms with E-state index in [9.17, 15) is 4.79 Å². The largest absolute Gasteiger partial charge is 0.469 e. The Balaban J connectivity index is 1.35. The van der Waals surface area contributed by atoms with Gasteiger partial charge in [-0.15, -0.1) is 0 Å². The summed E-state index contributed by atoms with van der Waals surface area (Å²) in [6, 6.07) is 14.5. The Bertz CT molecular complexity index is 895. The summed E-state index contributed by atoms with van der Waals surface area (Å²) in [5.74, 6) is 0.0520. The van der Waals surface area contributed by atoms with Crippen LogP contribution >= 0.6 is 0 Å². The van der Waals surface area contributed by atoms with Crippen LogP contribution in [0.25, 0.3) is 11.1 Å². The molecule has 1 fully saturated rings. The molecule has 1 aliphatic heterocycles. The molecule has 3 aliphatic rings. The second-order valence-electron chi connectivity index (χ2n) is 8.60. The number of ether oxygens (including phenoxy) is 1. The zero-order valence-electron chi connectivity index (χ0n) is 16.7. The van der Waals surface area contributed by atoms with E-state index in [1.165, 1.54) is 61.5 Å². The summed E-state index contributed by atoms with van der Waals surface area (Å²) >= 11 is 0. The summed E-state index contributed by atoms with van der Waals surface area (Å²) in [6.45, 7) is 2.00. The lowest BCUT2D eigenvalue weighted by Gasteiger charge is -2.35. The Morgan fingerprint density at radius 2 is 1.86 bits per heavy atom. The van der Waals surface area contributed by atoms with Crippen molar-refractivity contribution in [1.29, 1.82) is 0 Å². The summed E-state index contributed by atoms with van der Waals surface area (Å²) in [6.07, 6.45) is 7.97. The van der Waals surface area contributed by atoms with Crippen molar-refractivity contribution in [3.05, 3.63) is 58.7 Å². The second kappa shape index (κ2) is 7.36. The number of aryl methyl sites for hydroxylation is 2. The first-order chi connectivity index (χ1) is 13.7. The molecule has 0 bridgehead atoms. The number of benzene rings is 2. The van der Waals surface area contributed by atoms with Gasteiger partial charge in [0, 0.05) is 6.04 Å². The zero-order chi connectivity index (χ0) is 19.1. The molecule has 3 heteroatoms. The number of piperidine rings is 1. The third-order valence-corrected chi connectivity index (χ3v) is 7.15. The fourth-order valence-electron chi connectivity index (χ4n) is 5.65. The SMILES string of the molecule is COC(=O)C1CCN(C2CCc3cc(-c4cccc5c4CCC5)ccc32)CC1. The van der Waals surface area contributed by atoms with Crippen molar-refractivity contribution >= 4 is 5.97 Å². The van der Waals surface area contributed by atoms with Gasteiger partial charge in [-0.3, -0.25) is 9.69 Å². The number of hydrogen-bond donors (Lipinski definition) is 0. The molecule has 0 saturated carbocycles. The van der Waals surface area contributed by atoms with Gasteiger partial charge in [-0.25, -0.2) is 0 Å². The fraction of sp³-hybridized carbons (Fsp3) is 0.480. The number of rotatable bonds is 3. The highest BCUT2D eigenvalue weighted by molar-refractivity contribution is 5.72. The zero-order valence-corrected chi connectivity index (χ0v) is 16.7. The predicted octanol–water partition coefficient (Wildman–Crippen LogP) is 4.71. The molecule has 1 unspecified atom stereocenters. The lowest BCUT2D eigenvalue weighted by Crippen LogP contribution is -2.38. The van der Waals surface area contributed by atoms with Gasteiger partial charge in [-0.2, -0.15) is 0 Å². The predicted molar refractivity (Wildman–Crippen MR) is 111 cm³/mol. The van der Waals surface area contributed by atoms with Crippen LogP contribution in [-0.4, -0.2) is 31.1 Å². The Morgan fingerprint density at radius 3 is 2.68 bits per heavy atom. The molecule has 0 radical (unpaired) electrons. The first-order valence-corrected chi connectivity index (χ1v) is 10.8. The third kappa shape index (κ3) is 3.06. The monoisotopic (exact) mass is 375 g/mol.